The number of rotatable bonds is 6. The van der Waals surface area contributed by atoms with Gasteiger partial charge in [0.05, 0.1) is 5.52 Å². The molecule has 6 nitrogen and oxygen atoms in total. The lowest BCUT2D eigenvalue weighted by Gasteiger charge is -2.26. The fraction of sp³-hybridized carbons (Fsp3) is 0.385. The van der Waals surface area contributed by atoms with Crippen LogP contribution in [0.4, 0.5) is 4.39 Å². The fourth-order valence-electron chi connectivity index (χ4n) is 4.97. The summed E-state index contributed by atoms with van der Waals surface area (Å²) in [7, 11) is 0. The summed E-state index contributed by atoms with van der Waals surface area (Å²) >= 11 is 1.18. The Bertz CT molecular complexity index is 1480. The first-order valence-corrected chi connectivity index (χ1v) is 12.8. The number of nitrogens with zero attached hydrogens (tertiary/aromatic N) is 2. The molecule has 3 heterocycles. The molecular weight excluding hydrogens is 453 g/mol. The van der Waals surface area contributed by atoms with Gasteiger partial charge in [0.2, 0.25) is 5.43 Å². The van der Waals surface area contributed by atoms with E-state index in [9.17, 15) is 9.59 Å². The Hall–Kier alpha value is -2.97. The second-order valence-electron chi connectivity index (χ2n) is 9.27. The monoisotopic (exact) mass is 479 g/mol. The molecule has 2 aliphatic rings. The maximum absolute atomic E-state index is 15.2. The molecule has 0 atom stereocenters. The van der Waals surface area contributed by atoms with Crippen molar-refractivity contribution in [3.05, 3.63) is 62.8 Å². The quantitative estimate of drug-likeness (QED) is 0.427. The Balaban J connectivity index is 1.32. The van der Waals surface area contributed by atoms with Gasteiger partial charge < -0.3 is 9.30 Å². The SMILES string of the molecule is O=c1[nH]sc2c1c(=O)c1cc(F)c(-c3ccc(OCCN4CCCCC4)cc3)cc1n2C1CC1. The molecule has 1 aliphatic carbocycles. The molecule has 34 heavy (non-hydrogen) atoms. The molecular formula is C26H26FN3O3S. The van der Waals surface area contributed by atoms with Gasteiger partial charge in [-0.1, -0.05) is 18.6 Å². The number of H-pyrrole nitrogens is 1. The molecule has 1 N–H and O–H groups in total. The second kappa shape index (κ2) is 8.67. The van der Waals surface area contributed by atoms with Gasteiger partial charge in [-0.15, -0.1) is 0 Å². The molecule has 0 spiro atoms. The molecule has 2 aromatic heterocycles. The van der Waals surface area contributed by atoms with Crippen LogP contribution < -0.4 is 15.7 Å². The summed E-state index contributed by atoms with van der Waals surface area (Å²) in [5, 5.41) is 0.379. The molecule has 176 valence electrons. The first-order chi connectivity index (χ1) is 16.6. The standard InChI is InChI=1S/C26H26FN3O3S/c27-21-14-20-22(30(17-6-7-17)26-23(24(20)31)25(32)28-34-26)15-19(21)16-4-8-18(9-5-16)33-13-12-29-10-2-1-3-11-29/h4-5,8-9,14-15,17H,1-3,6-7,10-13H2,(H,28,32). The van der Waals surface area contributed by atoms with E-state index in [2.05, 4.69) is 9.27 Å². The zero-order valence-electron chi connectivity index (χ0n) is 18.8. The predicted octanol–water partition coefficient (Wildman–Crippen LogP) is 4.91. The molecule has 4 aromatic rings. The van der Waals surface area contributed by atoms with Crippen LogP contribution in [-0.4, -0.2) is 40.1 Å². The predicted molar refractivity (Wildman–Crippen MR) is 134 cm³/mol. The number of aromatic nitrogens is 2. The third-order valence-electron chi connectivity index (χ3n) is 6.92. The lowest BCUT2D eigenvalue weighted by atomic mass is 10.0. The highest BCUT2D eigenvalue weighted by Gasteiger charge is 2.29. The molecule has 1 aliphatic heterocycles. The van der Waals surface area contributed by atoms with E-state index in [0.717, 1.165) is 43.8 Å². The van der Waals surface area contributed by atoms with Gasteiger partial charge in [-0.05, 0) is 80.1 Å². The lowest BCUT2D eigenvalue weighted by Crippen LogP contribution is -2.33. The van der Waals surface area contributed by atoms with Crippen LogP contribution in [0.5, 0.6) is 5.75 Å². The molecule has 6 rings (SSSR count). The average Bonchev–Trinajstić information content (AvgIpc) is 3.62. The topological polar surface area (TPSA) is 67.3 Å². The number of benzene rings is 2. The smallest absolute Gasteiger partial charge is 0.271 e. The Morgan fingerprint density at radius 2 is 1.82 bits per heavy atom. The molecule has 1 saturated heterocycles. The van der Waals surface area contributed by atoms with Crippen molar-refractivity contribution in [1.82, 2.24) is 13.8 Å². The third-order valence-corrected chi connectivity index (χ3v) is 7.80. The molecule has 1 saturated carbocycles. The second-order valence-corrected chi connectivity index (χ2v) is 10.1. The summed E-state index contributed by atoms with van der Waals surface area (Å²) in [5.74, 6) is 0.285. The minimum absolute atomic E-state index is 0.127. The highest BCUT2D eigenvalue weighted by molar-refractivity contribution is 7.12. The Morgan fingerprint density at radius 1 is 1.06 bits per heavy atom. The van der Waals surface area contributed by atoms with E-state index in [1.54, 1.807) is 6.07 Å². The maximum Gasteiger partial charge on any atom is 0.271 e. The molecule has 0 unspecified atom stereocenters. The van der Waals surface area contributed by atoms with Gasteiger partial charge >= 0.3 is 0 Å². The van der Waals surface area contributed by atoms with Crippen molar-refractivity contribution < 1.29 is 9.13 Å². The van der Waals surface area contributed by atoms with Crippen LogP contribution in [-0.2, 0) is 0 Å². The van der Waals surface area contributed by atoms with Crippen LogP contribution in [0.3, 0.4) is 0 Å². The fourth-order valence-corrected chi connectivity index (χ4v) is 5.90. The van der Waals surface area contributed by atoms with E-state index >= 15 is 4.39 Å². The van der Waals surface area contributed by atoms with Crippen LogP contribution in [0.25, 0.3) is 32.2 Å². The van der Waals surface area contributed by atoms with E-state index < -0.39 is 16.8 Å². The normalized spacial score (nSPS) is 17.0. The van der Waals surface area contributed by atoms with Gasteiger partial charge in [0.1, 0.15) is 28.4 Å². The molecule has 0 radical (unpaired) electrons. The number of ether oxygens (including phenoxy) is 1. The summed E-state index contributed by atoms with van der Waals surface area (Å²) < 4.78 is 25.8. The number of aromatic amines is 1. The van der Waals surface area contributed by atoms with Crippen LogP contribution >= 0.6 is 11.5 Å². The van der Waals surface area contributed by atoms with Crippen molar-refractivity contribution in [3.8, 4) is 16.9 Å². The summed E-state index contributed by atoms with van der Waals surface area (Å²) in [6, 6.07) is 10.7. The minimum atomic E-state index is -0.475. The Kier molecular flexibility index (Phi) is 5.50. The largest absolute Gasteiger partial charge is 0.492 e. The zero-order chi connectivity index (χ0) is 23.2. The van der Waals surface area contributed by atoms with Gasteiger partial charge in [0, 0.05) is 23.5 Å². The summed E-state index contributed by atoms with van der Waals surface area (Å²) in [6.07, 6.45) is 5.80. The van der Waals surface area contributed by atoms with E-state index in [-0.39, 0.29) is 16.8 Å². The van der Waals surface area contributed by atoms with Crippen LogP contribution in [0, 0.1) is 5.82 Å². The van der Waals surface area contributed by atoms with Crippen molar-refractivity contribution >= 4 is 32.7 Å². The minimum Gasteiger partial charge on any atom is -0.492 e. The zero-order valence-corrected chi connectivity index (χ0v) is 19.6. The number of nitrogens with one attached hydrogen (secondary N) is 1. The molecule has 2 aromatic carbocycles. The van der Waals surface area contributed by atoms with Crippen LogP contribution in [0.1, 0.15) is 38.1 Å². The molecule has 0 bridgehead atoms. The first kappa shape index (κ1) is 21.6. The van der Waals surface area contributed by atoms with E-state index in [1.165, 1.54) is 36.9 Å². The average molecular weight is 480 g/mol. The van der Waals surface area contributed by atoms with Gasteiger partial charge in [0.15, 0.2) is 0 Å². The Morgan fingerprint density at radius 3 is 2.56 bits per heavy atom. The number of fused-ring (bicyclic) bond motifs is 2. The van der Waals surface area contributed by atoms with Crippen molar-refractivity contribution in [2.24, 2.45) is 0 Å². The summed E-state index contributed by atoms with van der Waals surface area (Å²) in [5.41, 5.74) is 1.02. The number of likely N-dealkylation sites (tertiary alicyclic amines) is 1. The van der Waals surface area contributed by atoms with Gasteiger partial charge in [-0.25, -0.2) is 4.39 Å². The van der Waals surface area contributed by atoms with Gasteiger partial charge in [0.25, 0.3) is 5.56 Å². The maximum atomic E-state index is 15.2. The summed E-state index contributed by atoms with van der Waals surface area (Å²) in [6.45, 7) is 3.83. The third kappa shape index (κ3) is 3.84. The van der Waals surface area contributed by atoms with E-state index in [4.69, 9.17) is 4.74 Å². The first-order valence-electron chi connectivity index (χ1n) is 11.9. The van der Waals surface area contributed by atoms with Crippen LogP contribution in [0.15, 0.2) is 46.0 Å². The summed E-state index contributed by atoms with van der Waals surface area (Å²) in [4.78, 5) is 28.3. The molecule has 8 heteroatoms. The van der Waals surface area contributed by atoms with E-state index in [0.29, 0.717) is 22.5 Å². The van der Waals surface area contributed by atoms with Gasteiger partial charge in [-0.3, -0.25) is 18.9 Å². The highest BCUT2D eigenvalue weighted by atomic mass is 32.1. The van der Waals surface area contributed by atoms with Crippen molar-refractivity contribution in [2.45, 2.75) is 38.1 Å². The number of hydrogen-bond donors (Lipinski definition) is 1. The number of hydrogen-bond acceptors (Lipinski definition) is 5. The number of halogens is 1. The Labute approximate surface area is 199 Å². The molecule has 0 amide bonds. The number of pyridine rings is 1. The van der Waals surface area contributed by atoms with E-state index in [1.807, 2.05) is 28.8 Å². The van der Waals surface area contributed by atoms with Crippen molar-refractivity contribution in [3.63, 3.8) is 0 Å². The molecule has 2 fully saturated rings. The number of piperidine rings is 1. The van der Waals surface area contributed by atoms with Crippen LogP contribution in [0.2, 0.25) is 0 Å². The van der Waals surface area contributed by atoms with Crippen molar-refractivity contribution in [1.29, 1.82) is 0 Å². The van der Waals surface area contributed by atoms with Gasteiger partial charge in [-0.2, -0.15) is 0 Å². The lowest BCUT2D eigenvalue weighted by molar-refractivity contribution is 0.183. The highest BCUT2D eigenvalue weighted by Crippen LogP contribution is 2.41. The van der Waals surface area contributed by atoms with Crippen molar-refractivity contribution in [2.75, 3.05) is 26.2 Å².